The van der Waals surface area contributed by atoms with Gasteiger partial charge < -0.3 is 10.2 Å². The van der Waals surface area contributed by atoms with Gasteiger partial charge >= 0.3 is 0 Å². The Kier molecular flexibility index (Phi) is 5.69. The van der Waals surface area contributed by atoms with Crippen LogP contribution in [0.1, 0.15) is 64.2 Å². The Morgan fingerprint density at radius 2 is 1.77 bits per heavy atom. The van der Waals surface area contributed by atoms with Crippen LogP contribution in [-0.2, 0) is 9.59 Å². The monoisotopic (exact) mass is 423 g/mol. The molecule has 0 bridgehead atoms. The molecule has 1 saturated carbocycles. The number of H-pyrrole nitrogens is 1. The smallest absolute Gasteiger partial charge is 0.247 e. The summed E-state index contributed by atoms with van der Waals surface area (Å²) in [5.41, 5.74) is 1.25. The number of anilines is 1. The van der Waals surface area contributed by atoms with Crippen molar-refractivity contribution in [2.24, 2.45) is 0 Å². The molecule has 3 heterocycles. The Labute approximate surface area is 183 Å². The summed E-state index contributed by atoms with van der Waals surface area (Å²) < 4.78 is 0. The van der Waals surface area contributed by atoms with Crippen molar-refractivity contribution in [1.82, 2.24) is 20.0 Å². The van der Waals surface area contributed by atoms with E-state index < -0.39 is 5.54 Å². The van der Waals surface area contributed by atoms with Crippen LogP contribution in [0.15, 0.2) is 24.4 Å². The van der Waals surface area contributed by atoms with Crippen LogP contribution in [0.3, 0.4) is 0 Å². The SMILES string of the molecule is O=C(Nc1cccc2[nH]ncc12)[C@H]1CCCN1C(=O)C1(N2CCCCCC2)CCCC1. The molecule has 1 aromatic heterocycles. The molecule has 2 saturated heterocycles. The maximum atomic E-state index is 14.0. The molecule has 2 N–H and O–H groups in total. The van der Waals surface area contributed by atoms with Gasteiger partial charge in [0.25, 0.3) is 0 Å². The van der Waals surface area contributed by atoms with Crippen LogP contribution in [0, 0.1) is 0 Å². The number of aromatic amines is 1. The van der Waals surface area contributed by atoms with Crippen molar-refractivity contribution in [1.29, 1.82) is 0 Å². The van der Waals surface area contributed by atoms with E-state index in [1.807, 2.05) is 23.1 Å². The number of hydrogen-bond acceptors (Lipinski definition) is 4. The predicted octanol–water partition coefficient (Wildman–Crippen LogP) is 3.68. The molecule has 1 atom stereocenters. The molecule has 0 spiro atoms. The molecule has 3 aliphatic rings. The Balaban J connectivity index is 1.36. The van der Waals surface area contributed by atoms with E-state index in [9.17, 15) is 9.59 Å². The number of hydrogen-bond donors (Lipinski definition) is 2. The topological polar surface area (TPSA) is 81.3 Å². The number of nitrogens with zero attached hydrogens (tertiary/aromatic N) is 3. The van der Waals surface area contributed by atoms with Crippen LogP contribution in [0.5, 0.6) is 0 Å². The number of rotatable bonds is 4. The van der Waals surface area contributed by atoms with Crippen molar-refractivity contribution >= 4 is 28.4 Å². The molecule has 166 valence electrons. The molecular weight excluding hydrogens is 390 g/mol. The van der Waals surface area contributed by atoms with E-state index in [1.165, 1.54) is 25.7 Å². The van der Waals surface area contributed by atoms with Gasteiger partial charge in [-0.3, -0.25) is 19.6 Å². The van der Waals surface area contributed by atoms with Crippen molar-refractivity contribution in [2.75, 3.05) is 25.0 Å². The van der Waals surface area contributed by atoms with E-state index in [2.05, 4.69) is 20.4 Å². The van der Waals surface area contributed by atoms with Gasteiger partial charge in [-0.2, -0.15) is 5.10 Å². The van der Waals surface area contributed by atoms with Crippen molar-refractivity contribution in [3.8, 4) is 0 Å². The lowest BCUT2D eigenvalue weighted by Gasteiger charge is -2.43. The minimum absolute atomic E-state index is 0.0800. The van der Waals surface area contributed by atoms with Crippen LogP contribution in [0.25, 0.3) is 10.9 Å². The first-order valence-corrected chi connectivity index (χ1v) is 12.0. The third kappa shape index (κ3) is 3.73. The van der Waals surface area contributed by atoms with Gasteiger partial charge in [0.05, 0.1) is 17.4 Å². The number of fused-ring (bicyclic) bond motifs is 1. The predicted molar refractivity (Wildman–Crippen MR) is 121 cm³/mol. The second kappa shape index (κ2) is 8.61. The Morgan fingerprint density at radius 3 is 2.55 bits per heavy atom. The van der Waals surface area contributed by atoms with Gasteiger partial charge in [0.15, 0.2) is 0 Å². The number of benzene rings is 1. The van der Waals surface area contributed by atoms with Gasteiger partial charge in [0.1, 0.15) is 11.6 Å². The summed E-state index contributed by atoms with van der Waals surface area (Å²) in [5.74, 6) is 0.120. The maximum absolute atomic E-state index is 14.0. The van der Waals surface area contributed by atoms with Crippen molar-refractivity contribution in [2.45, 2.75) is 75.8 Å². The Morgan fingerprint density at radius 1 is 1.00 bits per heavy atom. The van der Waals surface area contributed by atoms with Gasteiger partial charge in [-0.1, -0.05) is 31.7 Å². The highest BCUT2D eigenvalue weighted by Crippen LogP contribution is 2.40. The van der Waals surface area contributed by atoms with E-state index in [0.717, 1.165) is 68.2 Å². The highest BCUT2D eigenvalue weighted by molar-refractivity contribution is 6.04. The first-order chi connectivity index (χ1) is 15.2. The largest absolute Gasteiger partial charge is 0.329 e. The Bertz CT molecular complexity index is 940. The fourth-order valence-electron chi connectivity index (χ4n) is 5.97. The zero-order chi connectivity index (χ0) is 21.3. The van der Waals surface area contributed by atoms with Crippen LogP contribution in [0.4, 0.5) is 5.69 Å². The third-order valence-electron chi connectivity index (χ3n) is 7.60. The van der Waals surface area contributed by atoms with Crippen LogP contribution >= 0.6 is 0 Å². The molecule has 2 aromatic rings. The van der Waals surface area contributed by atoms with Crippen molar-refractivity contribution in [3.63, 3.8) is 0 Å². The highest BCUT2D eigenvalue weighted by atomic mass is 16.2. The summed E-state index contributed by atoms with van der Waals surface area (Å²) >= 11 is 0. The minimum Gasteiger partial charge on any atom is -0.329 e. The van der Waals surface area contributed by atoms with Gasteiger partial charge in [-0.25, -0.2) is 0 Å². The molecule has 1 aliphatic carbocycles. The highest BCUT2D eigenvalue weighted by Gasteiger charge is 2.50. The maximum Gasteiger partial charge on any atom is 0.247 e. The lowest BCUT2D eigenvalue weighted by molar-refractivity contribution is -0.148. The lowest BCUT2D eigenvalue weighted by Crippen LogP contribution is -2.60. The van der Waals surface area contributed by atoms with Crippen LogP contribution < -0.4 is 5.32 Å². The van der Waals surface area contributed by atoms with E-state index in [0.29, 0.717) is 6.54 Å². The summed E-state index contributed by atoms with van der Waals surface area (Å²) in [4.78, 5) is 31.7. The van der Waals surface area contributed by atoms with E-state index in [-0.39, 0.29) is 17.9 Å². The van der Waals surface area contributed by atoms with Gasteiger partial charge in [-0.05, 0) is 63.7 Å². The van der Waals surface area contributed by atoms with Crippen molar-refractivity contribution < 1.29 is 9.59 Å². The van der Waals surface area contributed by atoms with E-state index >= 15 is 0 Å². The number of aromatic nitrogens is 2. The average molecular weight is 424 g/mol. The molecule has 1 aromatic carbocycles. The molecule has 31 heavy (non-hydrogen) atoms. The molecule has 0 radical (unpaired) electrons. The van der Waals surface area contributed by atoms with Gasteiger partial charge in [0.2, 0.25) is 11.8 Å². The number of nitrogens with one attached hydrogen (secondary N) is 2. The molecule has 0 unspecified atom stereocenters. The summed E-state index contributed by atoms with van der Waals surface area (Å²) in [5, 5.41) is 11.0. The summed E-state index contributed by atoms with van der Waals surface area (Å²) in [6.07, 6.45) is 12.3. The summed E-state index contributed by atoms with van der Waals surface area (Å²) in [6.45, 7) is 2.71. The summed E-state index contributed by atoms with van der Waals surface area (Å²) in [6, 6.07) is 5.35. The quantitative estimate of drug-likeness (QED) is 0.786. The molecule has 2 aliphatic heterocycles. The van der Waals surface area contributed by atoms with Crippen LogP contribution in [0.2, 0.25) is 0 Å². The standard InChI is InChI=1S/C24H33N5O2/c30-22(26-19-9-7-10-20-18(19)17-25-27-20)21-11-8-16-29(21)23(31)24(12-3-4-13-24)28-14-5-1-2-6-15-28/h7,9-10,17,21H,1-6,8,11-16H2,(H,25,27)(H,26,30)/t21-/m1/s1. The zero-order valence-electron chi connectivity index (χ0n) is 18.2. The fraction of sp³-hybridized carbons (Fsp3) is 0.625. The summed E-state index contributed by atoms with van der Waals surface area (Å²) in [7, 11) is 0. The third-order valence-corrected chi connectivity index (χ3v) is 7.60. The Hall–Kier alpha value is -2.41. The second-order valence-electron chi connectivity index (χ2n) is 9.42. The first kappa shape index (κ1) is 20.5. The molecular formula is C24H33N5O2. The van der Waals surface area contributed by atoms with Crippen LogP contribution in [-0.4, -0.2) is 63.0 Å². The molecule has 7 nitrogen and oxygen atoms in total. The fourth-order valence-corrected chi connectivity index (χ4v) is 5.97. The average Bonchev–Trinajstić information content (AvgIpc) is 3.52. The molecule has 3 fully saturated rings. The first-order valence-electron chi connectivity index (χ1n) is 12.0. The molecule has 2 amide bonds. The van der Waals surface area contributed by atoms with E-state index in [4.69, 9.17) is 0 Å². The number of carbonyl (C=O) groups is 2. The van der Waals surface area contributed by atoms with Gasteiger partial charge in [0, 0.05) is 11.9 Å². The van der Waals surface area contributed by atoms with E-state index in [1.54, 1.807) is 6.20 Å². The molecule has 7 heteroatoms. The number of amides is 2. The zero-order valence-corrected chi connectivity index (χ0v) is 18.2. The minimum atomic E-state index is -0.391. The normalized spacial score (nSPS) is 24.4. The van der Waals surface area contributed by atoms with Gasteiger partial charge in [-0.15, -0.1) is 0 Å². The molecule has 5 rings (SSSR count). The van der Waals surface area contributed by atoms with Crippen molar-refractivity contribution in [3.05, 3.63) is 24.4 Å². The lowest BCUT2D eigenvalue weighted by atomic mass is 9.92. The second-order valence-corrected chi connectivity index (χ2v) is 9.42. The number of likely N-dealkylation sites (tertiary alicyclic amines) is 2. The number of carbonyl (C=O) groups excluding carboxylic acids is 2.